The molecule has 5 heteroatoms. The first kappa shape index (κ1) is 14.6. The SMILES string of the molecule is CC(C)(C)[Si](F)(F)C[C@H]1CC[C@]1(C)COC=O. The first-order chi connectivity index (χ1) is 7.62. The van der Waals surface area contributed by atoms with E-state index in [0.717, 1.165) is 12.8 Å². The maximum atomic E-state index is 14.1. The molecule has 1 rings (SSSR count). The van der Waals surface area contributed by atoms with E-state index in [1.165, 1.54) is 0 Å². The van der Waals surface area contributed by atoms with Crippen LogP contribution in [0.25, 0.3) is 0 Å². The van der Waals surface area contributed by atoms with E-state index in [1.54, 1.807) is 20.8 Å². The molecule has 0 spiro atoms. The van der Waals surface area contributed by atoms with Crippen LogP contribution in [0.2, 0.25) is 11.1 Å². The normalized spacial score (nSPS) is 29.6. The second-order valence-corrected chi connectivity index (χ2v) is 9.77. The van der Waals surface area contributed by atoms with Gasteiger partial charge in [-0.1, -0.05) is 27.7 Å². The molecule has 0 aromatic rings. The molecule has 0 aliphatic heterocycles. The zero-order valence-corrected chi connectivity index (χ0v) is 12.1. The minimum Gasteiger partial charge on any atom is -0.467 e. The third-order valence-corrected chi connectivity index (χ3v) is 7.33. The number of rotatable bonds is 5. The van der Waals surface area contributed by atoms with Gasteiger partial charge in [-0.15, -0.1) is 0 Å². The van der Waals surface area contributed by atoms with Crippen LogP contribution < -0.4 is 0 Å². The molecule has 0 aromatic carbocycles. The molecule has 0 saturated heterocycles. The van der Waals surface area contributed by atoms with Crippen molar-refractivity contribution < 1.29 is 17.7 Å². The molecule has 1 saturated carbocycles. The lowest BCUT2D eigenvalue weighted by molar-refractivity contribution is -0.136. The van der Waals surface area contributed by atoms with Gasteiger partial charge < -0.3 is 4.74 Å². The van der Waals surface area contributed by atoms with Gasteiger partial charge in [0.15, 0.2) is 0 Å². The lowest BCUT2D eigenvalue weighted by Gasteiger charge is -2.48. The van der Waals surface area contributed by atoms with Gasteiger partial charge in [-0.2, -0.15) is 0 Å². The fourth-order valence-corrected chi connectivity index (χ4v) is 4.15. The Balaban J connectivity index is 2.61. The van der Waals surface area contributed by atoms with Crippen LogP contribution in [0.3, 0.4) is 0 Å². The lowest BCUT2D eigenvalue weighted by Crippen LogP contribution is -2.47. The highest BCUT2D eigenvalue weighted by atomic mass is 28.4. The topological polar surface area (TPSA) is 26.3 Å². The minimum atomic E-state index is -4.21. The molecule has 17 heavy (non-hydrogen) atoms. The smallest absolute Gasteiger partial charge is 0.430 e. The van der Waals surface area contributed by atoms with Crippen molar-refractivity contribution in [1.29, 1.82) is 0 Å². The van der Waals surface area contributed by atoms with Crippen molar-refractivity contribution in [3.05, 3.63) is 0 Å². The maximum Gasteiger partial charge on any atom is 0.430 e. The second-order valence-electron chi connectivity index (χ2n) is 6.46. The first-order valence-corrected chi connectivity index (χ1v) is 8.02. The minimum absolute atomic E-state index is 0.00309. The predicted molar refractivity (Wildman–Crippen MR) is 65.3 cm³/mol. The monoisotopic (exact) mass is 264 g/mol. The Kier molecular flexibility index (Phi) is 4.01. The number of ether oxygens (including phenoxy) is 1. The molecule has 1 aliphatic carbocycles. The number of halogens is 2. The third-order valence-electron chi connectivity index (χ3n) is 4.13. The van der Waals surface area contributed by atoms with E-state index in [2.05, 4.69) is 0 Å². The zero-order valence-electron chi connectivity index (χ0n) is 11.1. The van der Waals surface area contributed by atoms with Gasteiger partial charge in [0.25, 0.3) is 6.47 Å². The molecule has 0 aromatic heterocycles. The fraction of sp³-hybridized carbons (Fsp3) is 0.917. The van der Waals surface area contributed by atoms with Crippen LogP contribution in [0.5, 0.6) is 0 Å². The summed E-state index contributed by atoms with van der Waals surface area (Å²) in [4.78, 5) is 10.2. The molecular formula is C12H22F2O2Si. The predicted octanol–water partition coefficient (Wildman–Crippen LogP) is 3.76. The molecule has 0 N–H and O–H groups in total. The average molecular weight is 264 g/mol. The van der Waals surface area contributed by atoms with Crippen LogP contribution in [0.1, 0.15) is 40.5 Å². The molecule has 0 amide bonds. The van der Waals surface area contributed by atoms with Crippen molar-refractivity contribution in [2.75, 3.05) is 6.61 Å². The maximum absolute atomic E-state index is 14.1. The van der Waals surface area contributed by atoms with E-state index < -0.39 is 13.8 Å². The van der Waals surface area contributed by atoms with Gasteiger partial charge in [0.1, 0.15) is 0 Å². The molecule has 2 atom stereocenters. The van der Waals surface area contributed by atoms with Gasteiger partial charge in [0.2, 0.25) is 0 Å². The Hall–Kier alpha value is -0.453. The molecule has 0 heterocycles. The highest BCUT2D eigenvalue weighted by Crippen LogP contribution is 2.54. The molecule has 1 fully saturated rings. The lowest BCUT2D eigenvalue weighted by atomic mass is 9.62. The van der Waals surface area contributed by atoms with E-state index in [4.69, 9.17) is 4.74 Å². The van der Waals surface area contributed by atoms with E-state index in [0.29, 0.717) is 6.47 Å². The number of hydrogen-bond donors (Lipinski definition) is 0. The van der Waals surface area contributed by atoms with E-state index in [1.807, 2.05) is 6.92 Å². The summed E-state index contributed by atoms with van der Waals surface area (Å²) >= 11 is 0. The van der Waals surface area contributed by atoms with Gasteiger partial charge in [-0.3, -0.25) is 13.0 Å². The van der Waals surface area contributed by atoms with Gasteiger partial charge >= 0.3 is 8.74 Å². The second kappa shape index (κ2) is 4.67. The van der Waals surface area contributed by atoms with Crippen molar-refractivity contribution in [2.45, 2.75) is 51.6 Å². The summed E-state index contributed by atoms with van der Waals surface area (Å²) in [5, 5.41) is -0.880. The van der Waals surface area contributed by atoms with Crippen LogP contribution in [0.4, 0.5) is 8.22 Å². The van der Waals surface area contributed by atoms with E-state index >= 15 is 0 Å². The molecule has 0 unspecified atom stereocenters. The summed E-state index contributed by atoms with van der Waals surface area (Å²) in [6.07, 6.45) is 1.71. The zero-order chi connectivity index (χ0) is 13.3. The van der Waals surface area contributed by atoms with Crippen molar-refractivity contribution in [2.24, 2.45) is 11.3 Å². The summed E-state index contributed by atoms with van der Waals surface area (Å²) in [5.74, 6) is 0.00309. The third kappa shape index (κ3) is 3.06. The van der Waals surface area contributed by atoms with Crippen LogP contribution in [0.15, 0.2) is 0 Å². The highest BCUT2D eigenvalue weighted by Gasteiger charge is 2.55. The quantitative estimate of drug-likeness (QED) is 0.429. The molecule has 0 bridgehead atoms. The van der Waals surface area contributed by atoms with Crippen molar-refractivity contribution in [3.63, 3.8) is 0 Å². The number of carbonyl (C=O) groups excluding carboxylic acids is 1. The highest BCUT2D eigenvalue weighted by molar-refractivity contribution is 6.69. The Morgan fingerprint density at radius 2 is 2.06 bits per heavy atom. The Labute approximate surface area is 103 Å². The van der Waals surface area contributed by atoms with E-state index in [-0.39, 0.29) is 24.0 Å². The van der Waals surface area contributed by atoms with Crippen molar-refractivity contribution in [3.8, 4) is 0 Å². The van der Waals surface area contributed by atoms with Gasteiger partial charge in [0, 0.05) is 16.5 Å². The largest absolute Gasteiger partial charge is 0.467 e. The van der Waals surface area contributed by atoms with E-state index in [9.17, 15) is 13.0 Å². The Bertz CT molecular complexity index is 289. The summed E-state index contributed by atoms with van der Waals surface area (Å²) in [7, 11) is -4.21. The summed E-state index contributed by atoms with van der Waals surface area (Å²) in [5.41, 5.74) is -0.234. The molecule has 2 nitrogen and oxygen atoms in total. The van der Waals surface area contributed by atoms with Gasteiger partial charge in [0.05, 0.1) is 6.61 Å². The van der Waals surface area contributed by atoms with Crippen LogP contribution in [0, 0.1) is 11.3 Å². The van der Waals surface area contributed by atoms with Crippen LogP contribution in [-0.4, -0.2) is 21.8 Å². The standard InChI is InChI=1S/C12H22F2O2Si/c1-11(2,3)17(13,14)7-10-5-6-12(10,4)8-16-9-15/h9-10H,5-8H2,1-4H3/t10-,12-/m1/s1. The van der Waals surface area contributed by atoms with Crippen LogP contribution >= 0.6 is 0 Å². The fourth-order valence-electron chi connectivity index (χ4n) is 2.22. The first-order valence-electron chi connectivity index (χ1n) is 6.05. The summed E-state index contributed by atoms with van der Waals surface area (Å²) in [6.45, 7) is 7.49. The summed E-state index contributed by atoms with van der Waals surface area (Å²) < 4.78 is 33.0. The Morgan fingerprint density at radius 1 is 1.47 bits per heavy atom. The summed E-state index contributed by atoms with van der Waals surface area (Å²) in [6, 6.07) is 0.0230. The molecule has 100 valence electrons. The Morgan fingerprint density at radius 3 is 2.41 bits per heavy atom. The molecule has 0 radical (unpaired) electrons. The van der Waals surface area contributed by atoms with Crippen molar-refractivity contribution in [1.82, 2.24) is 0 Å². The molecule has 1 aliphatic rings. The number of hydrogen-bond acceptors (Lipinski definition) is 2. The molecular weight excluding hydrogens is 242 g/mol. The number of carbonyl (C=O) groups is 1. The van der Waals surface area contributed by atoms with Crippen molar-refractivity contribution >= 4 is 15.2 Å². The van der Waals surface area contributed by atoms with Crippen LogP contribution in [-0.2, 0) is 9.53 Å². The van der Waals surface area contributed by atoms with Gasteiger partial charge in [-0.25, -0.2) is 0 Å². The van der Waals surface area contributed by atoms with Gasteiger partial charge in [-0.05, 0) is 18.8 Å². The average Bonchev–Trinajstić information content (AvgIpc) is 2.19.